The lowest BCUT2D eigenvalue weighted by atomic mass is 10.1. The van der Waals surface area contributed by atoms with Gasteiger partial charge in [-0.05, 0) is 29.8 Å². The number of hydrogen-bond acceptors (Lipinski definition) is 4. The number of rotatable bonds is 4. The minimum Gasteiger partial charge on any atom is -0.378 e. The van der Waals surface area contributed by atoms with Gasteiger partial charge in [0.05, 0.1) is 19.6 Å². The van der Waals surface area contributed by atoms with E-state index in [4.69, 9.17) is 4.74 Å². The maximum absolute atomic E-state index is 12.0. The van der Waals surface area contributed by atoms with Crippen molar-refractivity contribution in [2.24, 2.45) is 0 Å². The summed E-state index contributed by atoms with van der Waals surface area (Å²) in [5.41, 5.74) is 2.17. The number of aromatic nitrogens is 1. The number of hydrogen-bond donors (Lipinski definition) is 1. The van der Waals surface area contributed by atoms with E-state index in [1.807, 2.05) is 24.3 Å². The number of nitrogens with one attached hydrogen (secondary N) is 1. The number of carbonyl (C=O) groups is 1. The predicted molar refractivity (Wildman–Crippen MR) is 86.0 cm³/mol. The van der Waals surface area contributed by atoms with Crippen LogP contribution < -0.4 is 10.2 Å². The van der Waals surface area contributed by atoms with Gasteiger partial charge in [-0.2, -0.15) is 0 Å². The van der Waals surface area contributed by atoms with Gasteiger partial charge in [0.15, 0.2) is 0 Å². The fourth-order valence-corrected chi connectivity index (χ4v) is 2.46. The van der Waals surface area contributed by atoms with E-state index < -0.39 is 0 Å². The van der Waals surface area contributed by atoms with E-state index in [0.29, 0.717) is 12.2 Å². The number of benzene rings is 1. The first kappa shape index (κ1) is 14.5. The largest absolute Gasteiger partial charge is 0.378 e. The van der Waals surface area contributed by atoms with E-state index in [0.717, 1.165) is 31.9 Å². The maximum Gasteiger partial charge on any atom is 0.229 e. The van der Waals surface area contributed by atoms with Crippen LogP contribution in [0.15, 0.2) is 48.7 Å². The first-order valence-corrected chi connectivity index (χ1v) is 7.44. The topological polar surface area (TPSA) is 54.5 Å². The number of morpholine rings is 1. The summed E-state index contributed by atoms with van der Waals surface area (Å²) in [7, 11) is 0. The Balaban J connectivity index is 1.57. The van der Waals surface area contributed by atoms with Crippen LogP contribution in [0.1, 0.15) is 5.56 Å². The lowest BCUT2D eigenvalue weighted by Gasteiger charge is -2.28. The molecule has 0 bridgehead atoms. The highest BCUT2D eigenvalue weighted by Crippen LogP contribution is 2.17. The molecule has 1 fully saturated rings. The lowest BCUT2D eigenvalue weighted by molar-refractivity contribution is -0.115. The van der Waals surface area contributed by atoms with Gasteiger partial charge in [-0.25, -0.2) is 4.98 Å². The van der Waals surface area contributed by atoms with Crippen molar-refractivity contribution in [1.29, 1.82) is 0 Å². The van der Waals surface area contributed by atoms with Crippen molar-refractivity contribution in [3.63, 3.8) is 0 Å². The van der Waals surface area contributed by atoms with Gasteiger partial charge >= 0.3 is 0 Å². The highest BCUT2D eigenvalue weighted by molar-refractivity contribution is 5.91. The zero-order valence-electron chi connectivity index (χ0n) is 12.4. The third-order valence-corrected chi connectivity index (χ3v) is 3.61. The Hall–Kier alpha value is -2.40. The number of carbonyl (C=O) groups excluding carboxylic acids is 1. The van der Waals surface area contributed by atoms with E-state index in [2.05, 4.69) is 27.3 Å². The van der Waals surface area contributed by atoms with Gasteiger partial charge in [-0.3, -0.25) is 4.79 Å². The van der Waals surface area contributed by atoms with Gasteiger partial charge in [0, 0.05) is 25.0 Å². The first-order valence-electron chi connectivity index (χ1n) is 7.44. The van der Waals surface area contributed by atoms with Crippen molar-refractivity contribution in [3.05, 3.63) is 54.2 Å². The van der Waals surface area contributed by atoms with Gasteiger partial charge in [0.1, 0.15) is 5.82 Å². The minimum atomic E-state index is -0.0576. The smallest absolute Gasteiger partial charge is 0.229 e. The molecule has 22 heavy (non-hydrogen) atoms. The van der Waals surface area contributed by atoms with Crippen molar-refractivity contribution < 1.29 is 9.53 Å². The molecule has 0 radical (unpaired) electrons. The van der Waals surface area contributed by atoms with E-state index in [1.54, 1.807) is 12.3 Å². The van der Waals surface area contributed by atoms with Crippen molar-refractivity contribution in [2.75, 3.05) is 36.5 Å². The van der Waals surface area contributed by atoms with Crippen LogP contribution in [0, 0.1) is 0 Å². The van der Waals surface area contributed by atoms with Crippen LogP contribution in [0.2, 0.25) is 0 Å². The summed E-state index contributed by atoms with van der Waals surface area (Å²) in [4.78, 5) is 18.4. The van der Waals surface area contributed by atoms with E-state index >= 15 is 0 Å². The summed E-state index contributed by atoms with van der Waals surface area (Å²) >= 11 is 0. The van der Waals surface area contributed by atoms with Crippen LogP contribution >= 0.6 is 0 Å². The summed E-state index contributed by atoms with van der Waals surface area (Å²) in [5.74, 6) is 0.523. The average Bonchev–Trinajstić information content (AvgIpc) is 2.57. The van der Waals surface area contributed by atoms with Gasteiger partial charge in [-0.1, -0.05) is 18.2 Å². The quantitative estimate of drug-likeness (QED) is 0.939. The maximum atomic E-state index is 12.0. The second-order valence-corrected chi connectivity index (χ2v) is 5.21. The highest BCUT2D eigenvalue weighted by atomic mass is 16.5. The Bertz CT molecular complexity index is 608. The fraction of sp³-hybridized carbons (Fsp3) is 0.294. The molecule has 2 aromatic rings. The molecule has 0 aliphatic carbocycles. The molecule has 1 aromatic carbocycles. The third-order valence-electron chi connectivity index (χ3n) is 3.61. The number of nitrogens with zero attached hydrogens (tertiary/aromatic N) is 2. The minimum absolute atomic E-state index is 0.0576. The summed E-state index contributed by atoms with van der Waals surface area (Å²) in [5, 5.41) is 2.79. The Morgan fingerprint density at radius 1 is 1.14 bits per heavy atom. The molecule has 3 rings (SSSR count). The molecular formula is C17H19N3O2. The number of amides is 1. The van der Waals surface area contributed by atoms with Crippen LogP contribution in [0.5, 0.6) is 0 Å². The number of ether oxygens (including phenoxy) is 1. The van der Waals surface area contributed by atoms with Crippen molar-refractivity contribution in [3.8, 4) is 0 Å². The number of anilines is 2. The first-order chi connectivity index (χ1) is 10.8. The van der Waals surface area contributed by atoms with E-state index in [-0.39, 0.29) is 5.91 Å². The monoisotopic (exact) mass is 297 g/mol. The molecule has 1 saturated heterocycles. The molecule has 1 N–H and O–H groups in total. The van der Waals surface area contributed by atoms with Crippen molar-refractivity contribution >= 4 is 17.4 Å². The normalized spacial score (nSPS) is 14.6. The molecule has 0 unspecified atom stereocenters. The second kappa shape index (κ2) is 7.04. The van der Waals surface area contributed by atoms with Crippen LogP contribution in [-0.4, -0.2) is 37.2 Å². The summed E-state index contributed by atoms with van der Waals surface area (Å²) in [6.07, 6.45) is 2.01. The van der Waals surface area contributed by atoms with Crippen molar-refractivity contribution in [1.82, 2.24) is 4.98 Å². The molecule has 1 aromatic heterocycles. The molecule has 114 valence electrons. The summed E-state index contributed by atoms with van der Waals surface area (Å²) in [6.45, 7) is 3.38. The molecule has 1 aliphatic heterocycles. The molecule has 5 nitrogen and oxygen atoms in total. The molecule has 1 amide bonds. The molecule has 0 spiro atoms. The fourth-order valence-electron chi connectivity index (χ4n) is 2.46. The average molecular weight is 297 g/mol. The van der Waals surface area contributed by atoms with Gasteiger partial charge < -0.3 is 15.0 Å². The zero-order chi connectivity index (χ0) is 15.2. The van der Waals surface area contributed by atoms with Gasteiger partial charge in [0.25, 0.3) is 0 Å². The zero-order valence-corrected chi connectivity index (χ0v) is 12.4. The standard InChI is InChI=1S/C17H19N3O2/c21-17(19-16-3-1-2-8-18-16)13-14-4-6-15(7-5-14)20-9-11-22-12-10-20/h1-8H,9-13H2,(H,18,19,21). The Labute approximate surface area is 129 Å². The molecule has 1 aliphatic rings. The highest BCUT2D eigenvalue weighted by Gasteiger charge is 2.11. The molecule has 0 saturated carbocycles. The van der Waals surface area contributed by atoms with E-state index in [9.17, 15) is 4.79 Å². The van der Waals surface area contributed by atoms with E-state index in [1.165, 1.54) is 5.69 Å². The van der Waals surface area contributed by atoms with Crippen molar-refractivity contribution in [2.45, 2.75) is 6.42 Å². The SMILES string of the molecule is O=C(Cc1ccc(N2CCOCC2)cc1)Nc1ccccn1. The third kappa shape index (κ3) is 3.83. The Morgan fingerprint density at radius 2 is 1.91 bits per heavy atom. The van der Waals surface area contributed by atoms with Crippen LogP contribution in [0.3, 0.4) is 0 Å². The van der Waals surface area contributed by atoms with Crippen LogP contribution in [0.25, 0.3) is 0 Å². The number of pyridine rings is 1. The van der Waals surface area contributed by atoms with Crippen LogP contribution in [0.4, 0.5) is 11.5 Å². The predicted octanol–water partition coefficient (Wildman–Crippen LogP) is 2.10. The Kier molecular flexibility index (Phi) is 4.65. The molecular weight excluding hydrogens is 278 g/mol. The summed E-state index contributed by atoms with van der Waals surface area (Å²) in [6, 6.07) is 13.6. The van der Waals surface area contributed by atoms with Crippen LogP contribution in [-0.2, 0) is 16.0 Å². The molecule has 0 atom stereocenters. The second-order valence-electron chi connectivity index (χ2n) is 5.21. The Morgan fingerprint density at radius 3 is 2.59 bits per heavy atom. The molecule has 5 heteroatoms. The lowest BCUT2D eigenvalue weighted by Crippen LogP contribution is -2.36. The van der Waals surface area contributed by atoms with Gasteiger partial charge in [0.2, 0.25) is 5.91 Å². The van der Waals surface area contributed by atoms with Gasteiger partial charge in [-0.15, -0.1) is 0 Å². The summed E-state index contributed by atoms with van der Waals surface area (Å²) < 4.78 is 5.35. The molecule has 2 heterocycles.